The van der Waals surface area contributed by atoms with Crippen molar-refractivity contribution in [1.82, 2.24) is 0 Å². The highest BCUT2D eigenvalue weighted by Crippen LogP contribution is 2.34. The van der Waals surface area contributed by atoms with Gasteiger partial charge in [0.25, 0.3) is 0 Å². The van der Waals surface area contributed by atoms with Crippen molar-refractivity contribution < 1.29 is 44.8 Å². The minimum absolute atomic E-state index is 0.0298. The molecule has 0 radical (unpaired) electrons. The van der Waals surface area contributed by atoms with Gasteiger partial charge in [-0.1, -0.05) is 6.07 Å². The van der Waals surface area contributed by atoms with Crippen molar-refractivity contribution in [2.24, 2.45) is 0 Å². The van der Waals surface area contributed by atoms with Gasteiger partial charge in [-0.05, 0) is 32.3 Å². The second-order valence-corrected chi connectivity index (χ2v) is 7.35. The van der Waals surface area contributed by atoms with E-state index in [4.69, 9.17) is 9.47 Å². The predicted octanol–water partition coefficient (Wildman–Crippen LogP) is 3.05. The number of carbonyl (C=O) groups is 1. The van der Waals surface area contributed by atoms with Crippen molar-refractivity contribution in [3.8, 4) is 5.75 Å². The van der Waals surface area contributed by atoms with Gasteiger partial charge < -0.3 is 18.4 Å². The number of esters is 1. The van der Waals surface area contributed by atoms with Crippen LogP contribution in [0.1, 0.15) is 40.7 Å². The van der Waals surface area contributed by atoms with E-state index in [-0.39, 0.29) is 23.3 Å². The average molecular weight is 412 g/mol. The van der Waals surface area contributed by atoms with E-state index in [2.05, 4.69) is 8.92 Å². The highest BCUT2D eigenvalue weighted by molar-refractivity contribution is 7.88. The van der Waals surface area contributed by atoms with Crippen LogP contribution < -0.4 is 4.18 Å². The van der Waals surface area contributed by atoms with Gasteiger partial charge >= 0.3 is 21.6 Å². The highest BCUT2D eigenvalue weighted by Gasteiger charge is 2.49. The Bertz CT molecular complexity index is 784. The molecule has 1 aliphatic heterocycles. The maximum atomic E-state index is 12.7. The van der Waals surface area contributed by atoms with E-state index in [1.165, 1.54) is 19.1 Å². The van der Waals surface area contributed by atoms with Crippen molar-refractivity contribution in [2.75, 3.05) is 13.7 Å². The van der Waals surface area contributed by atoms with Gasteiger partial charge in [-0.3, -0.25) is 0 Å². The summed E-state index contributed by atoms with van der Waals surface area (Å²) in [7, 11) is -4.84. The maximum absolute atomic E-state index is 12.7. The zero-order valence-electron chi connectivity index (χ0n) is 14.7. The number of carbonyl (C=O) groups excluding carboxylic acids is 1. The van der Waals surface area contributed by atoms with Crippen LogP contribution in [-0.4, -0.2) is 39.9 Å². The van der Waals surface area contributed by atoms with E-state index in [0.717, 1.165) is 20.0 Å². The summed E-state index contributed by atoms with van der Waals surface area (Å²) in [5, 5.41) is 0. The summed E-state index contributed by atoms with van der Waals surface area (Å²) in [4.78, 5) is 11.8. The van der Waals surface area contributed by atoms with Crippen LogP contribution in [0.4, 0.5) is 13.2 Å². The second kappa shape index (κ2) is 8.44. The molecule has 0 saturated carbocycles. The van der Waals surface area contributed by atoms with Crippen LogP contribution in [-0.2, 0) is 30.9 Å². The highest BCUT2D eigenvalue weighted by atomic mass is 32.2. The number of ether oxygens (including phenoxy) is 3. The van der Waals surface area contributed by atoms with E-state index < -0.39 is 33.6 Å². The summed E-state index contributed by atoms with van der Waals surface area (Å²) >= 11 is 0. The molecule has 1 saturated heterocycles. The van der Waals surface area contributed by atoms with Gasteiger partial charge in [0.15, 0.2) is 12.0 Å². The second-order valence-electron chi connectivity index (χ2n) is 5.81. The molecule has 1 aromatic carbocycles. The molecule has 0 aromatic heterocycles. The summed E-state index contributed by atoms with van der Waals surface area (Å²) in [5.74, 6) is -1.46. The normalized spacial score (nSPS) is 18.2. The molecule has 0 spiro atoms. The Morgan fingerprint density at radius 3 is 2.56 bits per heavy atom. The number of benzene rings is 1. The number of methoxy groups -OCH3 is 1. The lowest BCUT2D eigenvalue weighted by Gasteiger charge is -2.23. The van der Waals surface area contributed by atoms with Crippen LogP contribution in [0.3, 0.4) is 0 Å². The molecular weight excluding hydrogens is 393 g/mol. The van der Waals surface area contributed by atoms with Gasteiger partial charge in [0, 0.05) is 17.7 Å². The molecule has 152 valence electrons. The van der Waals surface area contributed by atoms with Crippen LogP contribution in [0.2, 0.25) is 0 Å². The van der Waals surface area contributed by atoms with Crippen LogP contribution in [0.5, 0.6) is 5.75 Å². The number of halogens is 3. The summed E-state index contributed by atoms with van der Waals surface area (Å²) in [5.41, 5.74) is -5.82. The Morgan fingerprint density at radius 2 is 2.00 bits per heavy atom. The molecule has 1 fully saturated rings. The lowest BCUT2D eigenvalue weighted by atomic mass is 10.0. The summed E-state index contributed by atoms with van der Waals surface area (Å²) in [6.45, 7) is 1.50. The Kier molecular flexibility index (Phi) is 6.71. The molecule has 11 heteroatoms. The fourth-order valence-electron chi connectivity index (χ4n) is 2.49. The SMILES string of the molecule is COC(=O)c1ccc(COC2CCCCO2)c(OS(=O)(=O)C(F)(F)F)c1C. The fourth-order valence-corrected chi connectivity index (χ4v) is 3.04. The first-order valence-corrected chi connectivity index (χ1v) is 9.42. The quantitative estimate of drug-likeness (QED) is 0.403. The molecule has 0 aliphatic carbocycles. The Hall–Kier alpha value is -1.85. The standard InChI is InChI=1S/C16H19F3O7S/c1-10-12(15(20)23-2)7-6-11(9-25-13-5-3-4-8-24-13)14(10)26-27(21,22)16(17,18)19/h6-7,13H,3-5,8-9H2,1-2H3. The molecule has 0 N–H and O–H groups in total. The molecule has 0 amide bonds. The third kappa shape index (κ3) is 5.11. The Morgan fingerprint density at radius 1 is 1.30 bits per heavy atom. The fraction of sp³-hybridized carbons (Fsp3) is 0.562. The first-order valence-electron chi connectivity index (χ1n) is 8.01. The molecule has 1 unspecified atom stereocenters. The van der Waals surface area contributed by atoms with Crippen LogP contribution in [0, 0.1) is 6.92 Å². The van der Waals surface area contributed by atoms with Gasteiger partial charge in [-0.25, -0.2) is 4.79 Å². The van der Waals surface area contributed by atoms with E-state index >= 15 is 0 Å². The summed E-state index contributed by atoms with van der Waals surface area (Å²) < 4.78 is 80.8. The maximum Gasteiger partial charge on any atom is 0.534 e. The summed E-state index contributed by atoms with van der Waals surface area (Å²) in [6, 6.07) is 2.55. The van der Waals surface area contributed by atoms with Crippen molar-refractivity contribution in [3.05, 3.63) is 28.8 Å². The number of hydrogen-bond acceptors (Lipinski definition) is 7. The first kappa shape index (κ1) is 21.5. The topological polar surface area (TPSA) is 88.1 Å². The van der Waals surface area contributed by atoms with E-state index in [0.29, 0.717) is 13.0 Å². The average Bonchev–Trinajstić information content (AvgIpc) is 2.61. The molecule has 1 heterocycles. The largest absolute Gasteiger partial charge is 0.534 e. The van der Waals surface area contributed by atoms with E-state index in [1.807, 2.05) is 0 Å². The number of hydrogen-bond donors (Lipinski definition) is 0. The minimum Gasteiger partial charge on any atom is -0.465 e. The third-order valence-electron chi connectivity index (χ3n) is 3.93. The molecule has 27 heavy (non-hydrogen) atoms. The smallest absolute Gasteiger partial charge is 0.465 e. The van der Waals surface area contributed by atoms with E-state index in [9.17, 15) is 26.4 Å². The van der Waals surface area contributed by atoms with Crippen LogP contribution in [0.15, 0.2) is 12.1 Å². The van der Waals surface area contributed by atoms with Crippen molar-refractivity contribution in [1.29, 1.82) is 0 Å². The third-order valence-corrected chi connectivity index (χ3v) is 4.88. The Labute approximate surface area is 154 Å². The van der Waals surface area contributed by atoms with Gasteiger partial charge in [-0.2, -0.15) is 21.6 Å². The van der Waals surface area contributed by atoms with Gasteiger partial charge in [0.05, 0.1) is 19.3 Å². The van der Waals surface area contributed by atoms with E-state index in [1.54, 1.807) is 0 Å². The molecule has 2 rings (SSSR count). The van der Waals surface area contributed by atoms with Crippen molar-refractivity contribution in [2.45, 2.75) is 44.6 Å². The summed E-state index contributed by atoms with van der Waals surface area (Å²) in [6.07, 6.45) is 1.81. The van der Waals surface area contributed by atoms with Gasteiger partial charge in [-0.15, -0.1) is 0 Å². The molecule has 1 aromatic rings. The lowest BCUT2D eigenvalue weighted by molar-refractivity contribution is -0.169. The lowest BCUT2D eigenvalue weighted by Crippen LogP contribution is -2.29. The zero-order chi connectivity index (χ0) is 20.2. The molecule has 1 atom stereocenters. The van der Waals surface area contributed by atoms with Crippen LogP contribution >= 0.6 is 0 Å². The monoisotopic (exact) mass is 412 g/mol. The van der Waals surface area contributed by atoms with Crippen LogP contribution in [0.25, 0.3) is 0 Å². The zero-order valence-corrected chi connectivity index (χ0v) is 15.5. The van der Waals surface area contributed by atoms with Gasteiger partial charge in [0.2, 0.25) is 0 Å². The Balaban J connectivity index is 2.36. The molecule has 7 nitrogen and oxygen atoms in total. The number of rotatable bonds is 6. The number of alkyl halides is 3. The molecule has 1 aliphatic rings. The first-order chi connectivity index (χ1) is 12.6. The molecule has 0 bridgehead atoms. The van der Waals surface area contributed by atoms with Crippen molar-refractivity contribution >= 4 is 16.1 Å². The predicted molar refractivity (Wildman–Crippen MR) is 86.5 cm³/mol. The minimum atomic E-state index is -5.93. The van der Waals surface area contributed by atoms with Crippen molar-refractivity contribution in [3.63, 3.8) is 0 Å². The van der Waals surface area contributed by atoms with Gasteiger partial charge in [0.1, 0.15) is 0 Å². The molecular formula is C16H19F3O7S.